The molecule has 0 spiro atoms. The second-order valence-corrected chi connectivity index (χ2v) is 6.12. The van der Waals surface area contributed by atoms with Crippen molar-refractivity contribution in [2.45, 2.75) is 26.5 Å². The minimum atomic E-state index is -2.86. The van der Waals surface area contributed by atoms with Crippen molar-refractivity contribution in [2.24, 2.45) is 0 Å². The van der Waals surface area contributed by atoms with Crippen molar-refractivity contribution < 1.29 is 22.4 Å². The molecule has 1 aromatic carbocycles. The summed E-state index contributed by atoms with van der Waals surface area (Å²) in [6.45, 7) is 0.144. The van der Waals surface area contributed by atoms with Gasteiger partial charge in [-0.05, 0) is 55.0 Å². The summed E-state index contributed by atoms with van der Waals surface area (Å²) in [4.78, 5) is 1.87. The molecule has 2 aromatic heterocycles. The molecule has 10 heteroatoms. The number of anilines is 1. The molecule has 0 atom stereocenters. The standard InChI is InChI=1S/C18H18F2N4O3S/c1-2-9-24(11-15-22-23-16(27-15)14-4-3-10-25-14)18(28)21-12-5-7-13(8-6-12)26-17(19)20/h3-8,10,17H,2,9,11H2,1H3,(H,21,28). The molecule has 28 heavy (non-hydrogen) atoms. The van der Waals surface area contributed by atoms with E-state index in [1.54, 1.807) is 24.3 Å². The second-order valence-electron chi connectivity index (χ2n) is 5.73. The van der Waals surface area contributed by atoms with Crippen molar-refractivity contribution in [3.8, 4) is 17.4 Å². The fourth-order valence-corrected chi connectivity index (χ4v) is 2.70. The Labute approximate surface area is 165 Å². The van der Waals surface area contributed by atoms with Gasteiger partial charge in [-0.25, -0.2) is 0 Å². The Morgan fingerprint density at radius 1 is 1.25 bits per heavy atom. The number of furan rings is 1. The van der Waals surface area contributed by atoms with Crippen LogP contribution in [-0.2, 0) is 6.54 Å². The number of thiocarbonyl (C=S) groups is 1. The highest BCUT2D eigenvalue weighted by Gasteiger charge is 2.16. The van der Waals surface area contributed by atoms with E-state index in [1.807, 2.05) is 11.8 Å². The number of alkyl halides is 2. The van der Waals surface area contributed by atoms with Crippen molar-refractivity contribution in [1.82, 2.24) is 15.1 Å². The van der Waals surface area contributed by atoms with Crippen molar-refractivity contribution in [3.05, 3.63) is 48.6 Å². The number of hydrogen-bond acceptors (Lipinski definition) is 6. The quantitative estimate of drug-likeness (QED) is 0.545. The lowest BCUT2D eigenvalue weighted by atomic mass is 10.3. The smallest absolute Gasteiger partial charge is 0.387 e. The number of hydrogen-bond donors (Lipinski definition) is 1. The Morgan fingerprint density at radius 2 is 2.04 bits per heavy atom. The van der Waals surface area contributed by atoms with Crippen molar-refractivity contribution >= 4 is 23.0 Å². The van der Waals surface area contributed by atoms with Crippen molar-refractivity contribution in [2.75, 3.05) is 11.9 Å². The summed E-state index contributed by atoms with van der Waals surface area (Å²) in [6.07, 6.45) is 2.38. The lowest BCUT2D eigenvalue weighted by Gasteiger charge is -2.24. The summed E-state index contributed by atoms with van der Waals surface area (Å²) in [6, 6.07) is 9.56. The molecule has 0 fully saturated rings. The molecule has 0 aliphatic carbocycles. The first kappa shape index (κ1) is 19.7. The summed E-state index contributed by atoms with van der Waals surface area (Å²) in [5.41, 5.74) is 0.648. The molecular formula is C18H18F2N4O3S. The van der Waals surface area contributed by atoms with Gasteiger partial charge in [0.25, 0.3) is 5.89 Å². The Hall–Kier alpha value is -3.01. The van der Waals surface area contributed by atoms with Gasteiger partial charge < -0.3 is 23.8 Å². The maximum Gasteiger partial charge on any atom is 0.387 e. The molecular weight excluding hydrogens is 390 g/mol. The van der Waals surface area contributed by atoms with Crippen LogP contribution in [0.25, 0.3) is 11.7 Å². The monoisotopic (exact) mass is 408 g/mol. The van der Waals surface area contributed by atoms with Crippen LogP contribution < -0.4 is 10.1 Å². The number of benzene rings is 1. The molecule has 3 aromatic rings. The molecule has 0 radical (unpaired) electrons. The van der Waals surface area contributed by atoms with E-state index in [4.69, 9.17) is 21.1 Å². The van der Waals surface area contributed by atoms with E-state index in [-0.39, 0.29) is 5.75 Å². The number of nitrogens with zero attached hydrogens (tertiary/aromatic N) is 3. The second kappa shape index (κ2) is 9.27. The maximum atomic E-state index is 12.2. The van der Waals surface area contributed by atoms with E-state index in [0.717, 1.165) is 6.42 Å². The molecule has 148 valence electrons. The van der Waals surface area contributed by atoms with Crippen LogP contribution in [0.15, 0.2) is 51.5 Å². The minimum Gasteiger partial charge on any atom is -0.459 e. The van der Waals surface area contributed by atoms with E-state index >= 15 is 0 Å². The summed E-state index contributed by atoms with van der Waals surface area (Å²) in [5, 5.41) is 11.5. The minimum absolute atomic E-state index is 0.0770. The maximum absolute atomic E-state index is 12.2. The largest absolute Gasteiger partial charge is 0.459 e. The predicted octanol–water partition coefficient (Wildman–Crippen LogP) is 4.54. The first-order valence-electron chi connectivity index (χ1n) is 8.52. The van der Waals surface area contributed by atoms with Crippen LogP contribution in [0.3, 0.4) is 0 Å². The number of aromatic nitrogens is 2. The van der Waals surface area contributed by atoms with Gasteiger partial charge in [0.1, 0.15) is 5.75 Å². The Kier molecular flexibility index (Phi) is 6.53. The molecule has 0 amide bonds. The fraction of sp³-hybridized carbons (Fsp3) is 0.278. The van der Waals surface area contributed by atoms with Gasteiger partial charge in [-0.1, -0.05) is 6.92 Å². The van der Waals surface area contributed by atoms with Gasteiger partial charge in [0, 0.05) is 12.2 Å². The van der Waals surface area contributed by atoms with Gasteiger partial charge >= 0.3 is 6.61 Å². The van der Waals surface area contributed by atoms with E-state index in [2.05, 4.69) is 20.3 Å². The van der Waals surface area contributed by atoms with Gasteiger partial charge in [-0.15, -0.1) is 10.2 Å². The summed E-state index contributed by atoms with van der Waals surface area (Å²) < 4.78 is 39.7. The van der Waals surface area contributed by atoms with E-state index in [0.29, 0.717) is 41.4 Å². The lowest BCUT2D eigenvalue weighted by molar-refractivity contribution is -0.0498. The van der Waals surface area contributed by atoms with Crippen molar-refractivity contribution in [1.29, 1.82) is 0 Å². The van der Waals surface area contributed by atoms with Gasteiger partial charge in [0.2, 0.25) is 5.89 Å². The first-order valence-corrected chi connectivity index (χ1v) is 8.93. The average Bonchev–Trinajstić information content (AvgIpc) is 3.34. The number of rotatable bonds is 8. The Bertz CT molecular complexity index is 885. The van der Waals surface area contributed by atoms with E-state index < -0.39 is 6.61 Å². The molecule has 0 saturated heterocycles. The topological polar surface area (TPSA) is 76.6 Å². The first-order chi connectivity index (χ1) is 13.5. The number of nitrogens with one attached hydrogen (secondary N) is 1. The SMILES string of the molecule is CCCN(Cc1nnc(-c2ccco2)o1)C(=S)Nc1ccc(OC(F)F)cc1. The number of halogens is 2. The normalized spacial score (nSPS) is 10.9. The molecule has 7 nitrogen and oxygen atoms in total. The van der Waals surface area contributed by atoms with Gasteiger partial charge in [-0.2, -0.15) is 8.78 Å². The molecule has 0 aliphatic heterocycles. The molecule has 0 bridgehead atoms. The van der Waals surface area contributed by atoms with Crippen LogP contribution in [0.5, 0.6) is 5.75 Å². The highest BCUT2D eigenvalue weighted by molar-refractivity contribution is 7.80. The zero-order valence-corrected chi connectivity index (χ0v) is 15.8. The third kappa shape index (κ3) is 5.26. The highest BCUT2D eigenvalue weighted by Crippen LogP contribution is 2.20. The van der Waals surface area contributed by atoms with Crippen LogP contribution in [0.1, 0.15) is 19.2 Å². The Balaban J connectivity index is 1.63. The Morgan fingerprint density at radius 3 is 2.68 bits per heavy atom. The molecule has 1 N–H and O–H groups in total. The third-order valence-corrected chi connectivity index (χ3v) is 4.00. The summed E-state index contributed by atoms with van der Waals surface area (Å²) in [5.74, 6) is 1.26. The summed E-state index contributed by atoms with van der Waals surface area (Å²) in [7, 11) is 0. The molecule has 0 aliphatic rings. The van der Waals surface area contributed by atoms with Crippen molar-refractivity contribution in [3.63, 3.8) is 0 Å². The molecule has 2 heterocycles. The molecule has 0 unspecified atom stereocenters. The zero-order chi connectivity index (χ0) is 19.9. The molecule has 3 rings (SSSR count). The third-order valence-electron chi connectivity index (χ3n) is 3.64. The van der Waals surface area contributed by atoms with Gasteiger partial charge in [-0.3, -0.25) is 0 Å². The van der Waals surface area contributed by atoms with Crippen LogP contribution >= 0.6 is 12.2 Å². The molecule has 0 saturated carbocycles. The summed E-state index contributed by atoms with van der Waals surface area (Å²) >= 11 is 5.47. The lowest BCUT2D eigenvalue weighted by Crippen LogP contribution is -2.35. The van der Waals surface area contributed by atoms with E-state index in [9.17, 15) is 8.78 Å². The van der Waals surface area contributed by atoms with E-state index in [1.165, 1.54) is 18.4 Å². The van der Waals surface area contributed by atoms with Gasteiger partial charge in [0.15, 0.2) is 10.9 Å². The average molecular weight is 408 g/mol. The fourth-order valence-electron chi connectivity index (χ4n) is 2.43. The van der Waals surface area contributed by atoms with Crippen LogP contribution in [0.4, 0.5) is 14.5 Å². The van der Waals surface area contributed by atoms with Gasteiger partial charge in [0.05, 0.1) is 12.8 Å². The number of ether oxygens (including phenoxy) is 1. The predicted molar refractivity (Wildman–Crippen MR) is 102 cm³/mol. The zero-order valence-electron chi connectivity index (χ0n) is 15.0. The van der Waals surface area contributed by atoms with Crippen LogP contribution in [-0.4, -0.2) is 33.4 Å². The highest BCUT2D eigenvalue weighted by atomic mass is 32.1. The van der Waals surface area contributed by atoms with Crippen LogP contribution in [0.2, 0.25) is 0 Å². The van der Waals surface area contributed by atoms with Crippen LogP contribution in [0, 0.1) is 0 Å².